The number of likely N-dealkylation sites (tertiary alicyclic amines) is 1. The second-order valence-electron chi connectivity index (χ2n) is 8.82. The predicted octanol–water partition coefficient (Wildman–Crippen LogP) is 4.48. The van der Waals surface area contributed by atoms with Crippen LogP contribution in [0.2, 0.25) is 5.02 Å². The standard InChI is InChI=1S/C25H28ClFN2O3/c1-32-22-14-17(6-7-21(22)27)15-25(11-8-23(30)28-25)12-9-24(31)29-13-10-18(16-29)19-4-2-3-5-20(19)26/h2-7,14,18H,8-13,15-16H2,1H3,(H,28,30). The van der Waals surface area contributed by atoms with Gasteiger partial charge in [-0.2, -0.15) is 0 Å². The van der Waals surface area contributed by atoms with E-state index in [1.807, 2.05) is 29.2 Å². The minimum absolute atomic E-state index is 0.00789. The van der Waals surface area contributed by atoms with Gasteiger partial charge in [-0.15, -0.1) is 0 Å². The number of carbonyl (C=O) groups excluding carboxylic acids is 2. The molecule has 2 aliphatic heterocycles. The van der Waals surface area contributed by atoms with Crippen molar-refractivity contribution in [3.05, 3.63) is 64.4 Å². The summed E-state index contributed by atoms with van der Waals surface area (Å²) < 4.78 is 18.9. The van der Waals surface area contributed by atoms with E-state index in [2.05, 4.69) is 5.32 Å². The summed E-state index contributed by atoms with van der Waals surface area (Å²) in [5, 5.41) is 3.84. The lowest BCUT2D eigenvalue weighted by Gasteiger charge is -2.30. The van der Waals surface area contributed by atoms with E-state index in [1.165, 1.54) is 13.2 Å². The quantitative estimate of drug-likeness (QED) is 0.665. The van der Waals surface area contributed by atoms with Gasteiger partial charge < -0.3 is 15.0 Å². The zero-order valence-electron chi connectivity index (χ0n) is 18.2. The molecule has 0 radical (unpaired) electrons. The average molecular weight is 459 g/mol. The van der Waals surface area contributed by atoms with Crippen LogP contribution in [0, 0.1) is 5.82 Å². The molecule has 0 aromatic heterocycles. The Hall–Kier alpha value is -2.60. The van der Waals surface area contributed by atoms with Crippen molar-refractivity contribution >= 4 is 23.4 Å². The summed E-state index contributed by atoms with van der Waals surface area (Å²) >= 11 is 6.34. The van der Waals surface area contributed by atoms with Crippen LogP contribution in [0.4, 0.5) is 4.39 Å². The van der Waals surface area contributed by atoms with Gasteiger partial charge in [0.15, 0.2) is 11.6 Å². The molecule has 0 bridgehead atoms. The normalized spacial score (nSPS) is 22.8. The molecular weight excluding hydrogens is 431 g/mol. The summed E-state index contributed by atoms with van der Waals surface area (Å²) in [6, 6.07) is 12.6. The molecule has 2 fully saturated rings. The van der Waals surface area contributed by atoms with Crippen LogP contribution in [0.1, 0.15) is 49.1 Å². The Labute approximate surface area is 192 Å². The Morgan fingerprint density at radius 2 is 2.12 bits per heavy atom. The number of methoxy groups -OCH3 is 1. The third-order valence-electron chi connectivity index (χ3n) is 6.70. The SMILES string of the molecule is COc1cc(CC2(CCC(=O)N3CCC(c4ccccc4Cl)C3)CCC(=O)N2)ccc1F. The van der Waals surface area contributed by atoms with Gasteiger partial charge in [0.1, 0.15) is 0 Å². The van der Waals surface area contributed by atoms with Gasteiger partial charge in [-0.1, -0.05) is 35.9 Å². The van der Waals surface area contributed by atoms with E-state index in [4.69, 9.17) is 16.3 Å². The Morgan fingerprint density at radius 3 is 2.84 bits per heavy atom. The third kappa shape index (κ3) is 4.90. The van der Waals surface area contributed by atoms with Crippen molar-refractivity contribution < 1.29 is 18.7 Å². The fraction of sp³-hybridized carbons (Fsp3) is 0.440. The van der Waals surface area contributed by atoms with Gasteiger partial charge in [-0.05, 0) is 55.0 Å². The van der Waals surface area contributed by atoms with E-state index in [0.717, 1.165) is 22.6 Å². The van der Waals surface area contributed by atoms with Crippen LogP contribution in [0.15, 0.2) is 42.5 Å². The van der Waals surface area contributed by atoms with E-state index >= 15 is 0 Å². The lowest BCUT2D eigenvalue weighted by molar-refractivity contribution is -0.131. The summed E-state index contributed by atoms with van der Waals surface area (Å²) in [5.41, 5.74) is 1.46. The summed E-state index contributed by atoms with van der Waals surface area (Å²) in [6.07, 6.45) is 3.42. The molecule has 2 amide bonds. The summed E-state index contributed by atoms with van der Waals surface area (Å²) in [6.45, 7) is 1.38. The van der Waals surface area contributed by atoms with Crippen molar-refractivity contribution in [1.29, 1.82) is 0 Å². The smallest absolute Gasteiger partial charge is 0.222 e. The molecule has 5 nitrogen and oxygen atoms in total. The Morgan fingerprint density at radius 1 is 1.31 bits per heavy atom. The minimum Gasteiger partial charge on any atom is -0.494 e. The first-order valence-electron chi connectivity index (χ1n) is 11.0. The fourth-order valence-corrected chi connectivity index (χ4v) is 5.23. The molecule has 4 rings (SSSR count). The second kappa shape index (κ2) is 9.49. The third-order valence-corrected chi connectivity index (χ3v) is 7.04. The monoisotopic (exact) mass is 458 g/mol. The number of halogens is 2. The highest BCUT2D eigenvalue weighted by Crippen LogP contribution is 2.34. The predicted molar refractivity (Wildman–Crippen MR) is 121 cm³/mol. The van der Waals surface area contributed by atoms with Gasteiger partial charge in [0, 0.05) is 42.4 Å². The molecule has 2 heterocycles. The first-order valence-corrected chi connectivity index (χ1v) is 11.4. The summed E-state index contributed by atoms with van der Waals surface area (Å²) in [7, 11) is 1.43. The Kier molecular flexibility index (Phi) is 6.70. The molecule has 2 aromatic rings. The molecule has 7 heteroatoms. The van der Waals surface area contributed by atoms with Crippen molar-refractivity contribution in [2.24, 2.45) is 0 Å². The number of rotatable bonds is 7. The lowest BCUT2D eigenvalue weighted by Crippen LogP contribution is -2.44. The Balaban J connectivity index is 1.40. The maximum Gasteiger partial charge on any atom is 0.222 e. The highest BCUT2D eigenvalue weighted by atomic mass is 35.5. The number of nitrogens with one attached hydrogen (secondary N) is 1. The number of hydrogen-bond acceptors (Lipinski definition) is 3. The molecule has 32 heavy (non-hydrogen) atoms. The van der Waals surface area contributed by atoms with Crippen LogP contribution < -0.4 is 10.1 Å². The maximum atomic E-state index is 13.8. The molecule has 1 N–H and O–H groups in total. The first-order chi connectivity index (χ1) is 15.4. The topological polar surface area (TPSA) is 58.6 Å². The molecule has 0 saturated carbocycles. The lowest BCUT2D eigenvalue weighted by atomic mass is 9.84. The van der Waals surface area contributed by atoms with Gasteiger partial charge in [0.25, 0.3) is 0 Å². The number of amides is 2. The molecule has 2 unspecified atom stereocenters. The van der Waals surface area contributed by atoms with Gasteiger partial charge in [-0.3, -0.25) is 9.59 Å². The van der Waals surface area contributed by atoms with Crippen LogP contribution in [-0.4, -0.2) is 42.5 Å². The zero-order valence-corrected chi connectivity index (χ0v) is 19.0. The van der Waals surface area contributed by atoms with Gasteiger partial charge in [0.05, 0.1) is 7.11 Å². The van der Waals surface area contributed by atoms with Crippen molar-refractivity contribution in [3.63, 3.8) is 0 Å². The van der Waals surface area contributed by atoms with Crippen LogP contribution in [0.3, 0.4) is 0 Å². The highest BCUT2D eigenvalue weighted by Gasteiger charge is 2.39. The zero-order chi connectivity index (χ0) is 22.7. The number of ether oxygens (including phenoxy) is 1. The molecule has 0 aliphatic carbocycles. The molecule has 2 saturated heterocycles. The van der Waals surface area contributed by atoms with Crippen LogP contribution in [0.5, 0.6) is 5.75 Å². The largest absolute Gasteiger partial charge is 0.494 e. The van der Waals surface area contributed by atoms with E-state index in [0.29, 0.717) is 45.2 Å². The number of nitrogens with zero attached hydrogens (tertiary/aromatic N) is 1. The van der Waals surface area contributed by atoms with Gasteiger partial charge in [-0.25, -0.2) is 4.39 Å². The average Bonchev–Trinajstić information content (AvgIpc) is 3.41. The minimum atomic E-state index is -0.503. The first kappa shape index (κ1) is 22.6. The number of hydrogen-bond donors (Lipinski definition) is 1. The van der Waals surface area contributed by atoms with Crippen LogP contribution >= 0.6 is 11.6 Å². The van der Waals surface area contributed by atoms with Crippen molar-refractivity contribution in [2.75, 3.05) is 20.2 Å². The van der Waals surface area contributed by atoms with Crippen molar-refractivity contribution in [1.82, 2.24) is 10.2 Å². The summed E-state index contributed by atoms with van der Waals surface area (Å²) in [5.74, 6) is 0.0986. The van der Waals surface area contributed by atoms with Gasteiger partial charge >= 0.3 is 0 Å². The fourth-order valence-electron chi connectivity index (χ4n) is 4.94. The van der Waals surface area contributed by atoms with E-state index in [-0.39, 0.29) is 23.5 Å². The highest BCUT2D eigenvalue weighted by molar-refractivity contribution is 6.31. The second-order valence-corrected chi connectivity index (χ2v) is 9.23. The van der Waals surface area contributed by atoms with Crippen LogP contribution in [-0.2, 0) is 16.0 Å². The number of carbonyl (C=O) groups is 2. The number of benzene rings is 2. The van der Waals surface area contributed by atoms with E-state index in [1.54, 1.807) is 12.1 Å². The van der Waals surface area contributed by atoms with Crippen LogP contribution in [0.25, 0.3) is 0 Å². The van der Waals surface area contributed by atoms with Gasteiger partial charge in [0.2, 0.25) is 11.8 Å². The maximum absolute atomic E-state index is 13.8. The van der Waals surface area contributed by atoms with E-state index < -0.39 is 11.4 Å². The molecule has 2 aromatic carbocycles. The molecular formula is C25H28ClFN2O3. The molecule has 2 aliphatic rings. The Bertz CT molecular complexity index is 1010. The van der Waals surface area contributed by atoms with E-state index in [9.17, 15) is 14.0 Å². The molecule has 2 atom stereocenters. The van der Waals surface area contributed by atoms with Crippen molar-refractivity contribution in [2.45, 2.75) is 50.0 Å². The summed E-state index contributed by atoms with van der Waals surface area (Å²) in [4.78, 5) is 27.0. The van der Waals surface area contributed by atoms with Crippen molar-refractivity contribution in [3.8, 4) is 5.75 Å². The molecule has 170 valence electrons. The molecule has 0 spiro atoms.